The number of rotatable bonds is 5. The van der Waals surface area contributed by atoms with Gasteiger partial charge in [-0.2, -0.15) is 13.2 Å². The summed E-state index contributed by atoms with van der Waals surface area (Å²) in [6.45, 7) is 1.55. The molecule has 6 nitrogen and oxygen atoms in total. The van der Waals surface area contributed by atoms with E-state index in [4.69, 9.17) is 23.2 Å². The summed E-state index contributed by atoms with van der Waals surface area (Å²) in [5, 5.41) is 3.58. The second kappa shape index (κ2) is 8.24. The molecule has 0 saturated carbocycles. The molecule has 1 aromatic carbocycles. The SMILES string of the molecule is COC(=O)[C@](NC(=O)c1ccc(Cl)cc1Cl)(Nc1cccc(C)n1)C(F)(F)F. The van der Waals surface area contributed by atoms with E-state index in [2.05, 4.69) is 9.72 Å². The highest BCUT2D eigenvalue weighted by Crippen LogP contribution is 2.33. The van der Waals surface area contributed by atoms with Crippen molar-refractivity contribution in [3.63, 3.8) is 0 Å². The molecule has 0 aliphatic rings. The Balaban J connectivity index is 2.53. The molecule has 1 atom stereocenters. The Morgan fingerprint density at radius 3 is 2.36 bits per heavy atom. The van der Waals surface area contributed by atoms with E-state index in [0.29, 0.717) is 5.69 Å². The third-order valence-electron chi connectivity index (χ3n) is 3.60. The van der Waals surface area contributed by atoms with Gasteiger partial charge in [0.15, 0.2) is 0 Å². The van der Waals surface area contributed by atoms with Crippen LogP contribution in [0.15, 0.2) is 36.4 Å². The number of ether oxygens (including phenoxy) is 1. The molecule has 0 saturated heterocycles. The number of nitrogens with zero attached hydrogens (tertiary/aromatic N) is 1. The van der Waals surface area contributed by atoms with Crippen LogP contribution in [-0.2, 0) is 9.53 Å². The zero-order valence-electron chi connectivity index (χ0n) is 14.5. The van der Waals surface area contributed by atoms with Crippen LogP contribution in [0.3, 0.4) is 0 Å². The van der Waals surface area contributed by atoms with Crippen LogP contribution in [0.2, 0.25) is 10.0 Å². The van der Waals surface area contributed by atoms with Gasteiger partial charge in [-0.05, 0) is 37.3 Å². The van der Waals surface area contributed by atoms with Crippen LogP contribution in [-0.4, -0.2) is 35.8 Å². The van der Waals surface area contributed by atoms with E-state index >= 15 is 0 Å². The molecule has 150 valence electrons. The number of alkyl halides is 3. The molecule has 1 heterocycles. The monoisotopic (exact) mass is 435 g/mol. The number of hydrogen-bond acceptors (Lipinski definition) is 5. The maximum absolute atomic E-state index is 14.0. The van der Waals surface area contributed by atoms with E-state index < -0.39 is 23.7 Å². The molecule has 28 heavy (non-hydrogen) atoms. The van der Waals surface area contributed by atoms with Gasteiger partial charge in [-0.3, -0.25) is 4.79 Å². The molecule has 0 bridgehead atoms. The number of halogens is 5. The Morgan fingerprint density at radius 1 is 1.14 bits per heavy atom. The summed E-state index contributed by atoms with van der Waals surface area (Å²) >= 11 is 11.6. The van der Waals surface area contributed by atoms with E-state index in [1.54, 1.807) is 18.3 Å². The van der Waals surface area contributed by atoms with E-state index in [9.17, 15) is 22.8 Å². The van der Waals surface area contributed by atoms with Gasteiger partial charge in [-0.1, -0.05) is 29.3 Å². The maximum atomic E-state index is 14.0. The molecule has 1 amide bonds. The predicted octanol–water partition coefficient (Wildman–Crippen LogP) is 3.97. The smallest absolute Gasteiger partial charge is 0.441 e. The van der Waals surface area contributed by atoms with Crippen LogP contribution >= 0.6 is 23.2 Å². The number of aryl methyl sites for hydroxylation is 1. The fraction of sp³-hybridized carbons (Fsp3) is 0.235. The van der Waals surface area contributed by atoms with Crippen molar-refractivity contribution in [1.82, 2.24) is 10.3 Å². The summed E-state index contributed by atoms with van der Waals surface area (Å²) in [6.07, 6.45) is -5.29. The van der Waals surface area contributed by atoms with E-state index in [0.717, 1.165) is 13.2 Å². The Morgan fingerprint density at radius 2 is 1.82 bits per heavy atom. The number of anilines is 1. The lowest BCUT2D eigenvalue weighted by molar-refractivity contribution is -0.203. The fourth-order valence-corrected chi connectivity index (χ4v) is 2.75. The number of esters is 1. The molecule has 11 heteroatoms. The van der Waals surface area contributed by atoms with Gasteiger partial charge in [0.1, 0.15) is 5.82 Å². The minimum Gasteiger partial charge on any atom is -0.466 e. The summed E-state index contributed by atoms with van der Waals surface area (Å²) in [5.41, 5.74) is -3.54. The summed E-state index contributed by atoms with van der Waals surface area (Å²) in [7, 11) is 0.760. The third-order valence-corrected chi connectivity index (χ3v) is 4.15. The normalized spacial score (nSPS) is 13.4. The highest BCUT2D eigenvalue weighted by molar-refractivity contribution is 6.36. The molecule has 2 rings (SSSR count). The van der Waals surface area contributed by atoms with Gasteiger partial charge in [-0.25, -0.2) is 9.78 Å². The topological polar surface area (TPSA) is 80.3 Å². The Kier molecular flexibility index (Phi) is 6.41. The Bertz CT molecular complexity index is 909. The van der Waals surface area contributed by atoms with Crippen molar-refractivity contribution >= 4 is 40.9 Å². The lowest BCUT2D eigenvalue weighted by atomic mass is 10.1. The number of carbonyl (C=O) groups is 2. The van der Waals surface area contributed by atoms with Crippen LogP contribution in [0, 0.1) is 6.92 Å². The number of hydrogen-bond donors (Lipinski definition) is 2. The van der Waals surface area contributed by atoms with Gasteiger partial charge < -0.3 is 15.4 Å². The lowest BCUT2D eigenvalue weighted by Crippen LogP contribution is -2.69. The van der Waals surface area contributed by atoms with E-state index in [1.165, 1.54) is 24.3 Å². The van der Waals surface area contributed by atoms with Crippen molar-refractivity contribution in [2.24, 2.45) is 0 Å². The van der Waals surface area contributed by atoms with Crippen LogP contribution in [0.5, 0.6) is 0 Å². The fourth-order valence-electron chi connectivity index (χ4n) is 2.26. The van der Waals surface area contributed by atoms with Crippen LogP contribution in [0.1, 0.15) is 16.1 Å². The summed E-state index contributed by atoms with van der Waals surface area (Å²) < 4.78 is 46.3. The number of benzene rings is 1. The van der Waals surface area contributed by atoms with E-state index in [1.807, 2.05) is 5.32 Å². The molecule has 0 spiro atoms. The number of nitrogens with one attached hydrogen (secondary N) is 2. The van der Waals surface area contributed by atoms with Gasteiger partial charge >= 0.3 is 17.8 Å². The van der Waals surface area contributed by atoms with Gasteiger partial charge in [-0.15, -0.1) is 0 Å². The zero-order chi connectivity index (χ0) is 21.1. The Hall–Kier alpha value is -2.52. The van der Waals surface area contributed by atoms with Gasteiger partial charge in [0, 0.05) is 10.7 Å². The maximum Gasteiger partial charge on any atom is 0.441 e. The minimum absolute atomic E-state index is 0.179. The summed E-state index contributed by atoms with van der Waals surface area (Å²) in [5.74, 6) is -3.36. The van der Waals surface area contributed by atoms with Gasteiger partial charge in [0.25, 0.3) is 5.91 Å². The summed E-state index contributed by atoms with van der Waals surface area (Å²) in [4.78, 5) is 28.6. The summed E-state index contributed by atoms with van der Waals surface area (Å²) in [6, 6.07) is 7.76. The van der Waals surface area contributed by atoms with Crippen molar-refractivity contribution in [2.45, 2.75) is 18.8 Å². The molecule has 2 aromatic rings. The molecule has 0 aliphatic heterocycles. The van der Waals surface area contributed by atoms with Crippen molar-refractivity contribution in [3.05, 3.63) is 57.7 Å². The van der Waals surface area contributed by atoms with Gasteiger partial charge in [0.05, 0.1) is 17.7 Å². The van der Waals surface area contributed by atoms with Crippen molar-refractivity contribution < 1.29 is 27.5 Å². The predicted molar refractivity (Wildman–Crippen MR) is 97.3 cm³/mol. The zero-order valence-corrected chi connectivity index (χ0v) is 16.0. The van der Waals surface area contributed by atoms with E-state index in [-0.39, 0.29) is 21.4 Å². The molecule has 0 radical (unpaired) electrons. The molecule has 0 fully saturated rings. The van der Waals surface area contributed by atoms with Crippen molar-refractivity contribution in [2.75, 3.05) is 12.4 Å². The number of pyridine rings is 1. The largest absolute Gasteiger partial charge is 0.466 e. The average Bonchev–Trinajstić information content (AvgIpc) is 2.59. The van der Waals surface area contributed by atoms with Crippen molar-refractivity contribution in [1.29, 1.82) is 0 Å². The Labute approximate surface area is 168 Å². The minimum atomic E-state index is -5.29. The third kappa shape index (κ3) is 4.48. The molecule has 2 N–H and O–H groups in total. The first-order valence-electron chi connectivity index (χ1n) is 7.64. The highest BCUT2D eigenvalue weighted by atomic mass is 35.5. The first kappa shape index (κ1) is 21.8. The quantitative estimate of drug-likeness (QED) is 0.548. The first-order chi connectivity index (χ1) is 13.0. The average molecular weight is 436 g/mol. The molecule has 0 aliphatic carbocycles. The van der Waals surface area contributed by atoms with Crippen LogP contribution < -0.4 is 10.6 Å². The van der Waals surface area contributed by atoms with Gasteiger partial charge in [0.2, 0.25) is 0 Å². The number of aromatic nitrogens is 1. The lowest BCUT2D eigenvalue weighted by Gasteiger charge is -2.34. The van der Waals surface area contributed by atoms with Crippen LogP contribution in [0.25, 0.3) is 0 Å². The number of carbonyl (C=O) groups excluding carboxylic acids is 2. The molecular weight excluding hydrogens is 422 g/mol. The number of methoxy groups -OCH3 is 1. The highest BCUT2D eigenvalue weighted by Gasteiger charge is 2.63. The first-order valence-corrected chi connectivity index (χ1v) is 8.40. The standard InChI is InChI=1S/C17H14Cl2F3N3O3/c1-9-4-3-5-13(23-9)24-16(15(27)28-2,17(20,21)22)25-14(26)11-7-6-10(18)8-12(11)19/h3-8H,1-2H3,(H,23,24)(H,25,26)/t16-/m1/s1. The molecule has 1 aromatic heterocycles. The molecular formula is C17H14Cl2F3N3O3. The van der Waals surface area contributed by atoms with Crippen molar-refractivity contribution in [3.8, 4) is 0 Å². The number of amides is 1. The molecule has 0 unspecified atom stereocenters. The second-order valence-corrected chi connectivity index (χ2v) is 6.45. The van der Waals surface area contributed by atoms with Crippen LogP contribution in [0.4, 0.5) is 19.0 Å². The second-order valence-electron chi connectivity index (χ2n) is 5.61.